The molecule has 0 spiro atoms. The number of hydrogen-bond acceptors (Lipinski definition) is 0. The fraction of sp³-hybridized carbons (Fsp3) is 0.176. The molecule has 1 heterocycles. The highest BCUT2D eigenvalue weighted by atomic mass is 14.7. The number of H-pyrrole nitrogens is 1. The molecule has 1 N–H and O–H groups in total. The average molecular weight is 235 g/mol. The number of nitrogens with one attached hydrogen (secondary N) is 1. The van der Waals surface area contributed by atoms with Crippen molar-refractivity contribution in [3.63, 3.8) is 0 Å². The Kier molecular flexibility index (Phi) is 2.67. The summed E-state index contributed by atoms with van der Waals surface area (Å²) in [7, 11) is 0. The van der Waals surface area contributed by atoms with Gasteiger partial charge in [-0.15, -0.1) is 0 Å². The molecule has 18 heavy (non-hydrogen) atoms. The molecule has 0 amide bonds. The normalized spacial score (nSPS) is 11.3. The Balaban J connectivity index is 2.36. The van der Waals surface area contributed by atoms with Gasteiger partial charge in [0.2, 0.25) is 0 Å². The summed E-state index contributed by atoms with van der Waals surface area (Å²) in [4.78, 5) is 3.38. The lowest BCUT2D eigenvalue weighted by Gasteiger charge is -2.14. The van der Waals surface area contributed by atoms with E-state index < -0.39 is 0 Å². The maximum absolute atomic E-state index is 3.38. The summed E-state index contributed by atoms with van der Waals surface area (Å²) >= 11 is 0. The predicted octanol–water partition coefficient (Wildman–Crippen LogP) is 4.96. The predicted molar refractivity (Wildman–Crippen MR) is 77.8 cm³/mol. The maximum atomic E-state index is 3.38. The van der Waals surface area contributed by atoms with E-state index in [2.05, 4.69) is 67.4 Å². The number of benzene rings is 2. The first-order chi connectivity index (χ1) is 8.77. The van der Waals surface area contributed by atoms with Gasteiger partial charge in [-0.3, -0.25) is 0 Å². The van der Waals surface area contributed by atoms with Crippen LogP contribution >= 0.6 is 0 Å². The van der Waals surface area contributed by atoms with Gasteiger partial charge in [-0.1, -0.05) is 56.3 Å². The highest BCUT2D eigenvalue weighted by Gasteiger charge is 2.12. The van der Waals surface area contributed by atoms with Crippen molar-refractivity contribution in [2.24, 2.45) is 0 Å². The Morgan fingerprint density at radius 1 is 0.889 bits per heavy atom. The molecule has 2 aromatic carbocycles. The zero-order valence-corrected chi connectivity index (χ0v) is 10.8. The van der Waals surface area contributed by atoms with Gasteiger partial charge in [-0.05, 0) is 23.1 Å². The van der Waals surface area contributed by atoms with Crippen molar-refractivity contribution < 1.29 is 0 Å². The Hall–Kier alpha value is -2.02. The molecule has 1 heteroatoms. The van der Waals surface area contributed by atoms with E-state index in [1.165, 1.54) is 27.6 Å². The van der Waals surface area contributed by atoms with E-state index in [1.54, 1.807) is 0 Å². The van der Waals surface area contributed by atoms with Crippen LogP contribution in [0.4, 0.5) is 0 Å². The molecule has 0 aliphatic heterocycles. The summed E-state index contributed by atoms with van der Waals surface area (Å²) in [6.07, 6.45) is 2.02. The van der Waals surface area contributed by atoms with Crippen LogP contribution < -0.4 is 0 Å². The second-order valence-corrected chi connectivity index (χ2v) is 4.99. The SMILES string of the molecule is CC(C)c1ccc2cc[nH]c2c1-c1ccccc1. The molecule has 0 fully saturated rings. The highest BCUT2D eigenvalue weighted by Crippen LogP contribution is 2.34. The van der Waals surface area contributed by atoms with Crippen molar-refractivity contribution in [1.82, 2.24) is 4.98 Å². The molecule has 0 aliphatic carbocycles. The molecular weight excluding hydrogens is 218 g/mol. The minimum absolute atomic E-state index is 0.521. The third-order valence-corrected chi connectivity index (χ3v) is 3.44. The second kappa shape index (κ2) is 4.34. The Bertz CT molecular complexity index is 662. The van der Waals surface area contributed by atoms with Crippen LogP contribution in [-0.4, -0.2) is 4.98 Å². The van der Waals surface area contributed by atoms with E-state index >= 15 is 0 Å². The number of fused-ring (bicyclic) bond motifs is 1. The van der Waals surface area contributed by atoms with Crippen LogP contribution in [0.25, 0.3) is 22.0 Å². The molecule has 1 aromatic heterocycles. The summed E-state index contributed by atoms with van der Waals surface area (Å²) in [5, 5.41) is 1.28. The standard InChI is InChI=1S/C17H17N/c1-12(2)15-9-8-14-10-11-18-17(14)16(15)13-6-4-3-5-7-13/h3-12,18H,1-2H3. The van der Waals surface area contributed by atoms with E-state index in [9.17, 15) is 0 Å². The summed E-state index contributed by atoms with van der Waals surface area (Å²) in [5.41, 5.74) is 5.27. The van der Waals surface area contributed by atoms with Crippen molar-refractivity contribution >= 4 is 10.9 Å². The van der Waals surface area contributed by atoms with E-state index in [0.717, 1.165) is 0 Å². The van der Waals surface area contributed by atoms with Crippen LogP contribution in [0.1, 0.15) is 25.3 Å². The molecular formula is C17H17N. The van der Waals surface area contributed by atoms with Crippen LogP contribution in [0.5, 0.6) is 0 Å². The first kappa shape index (κ1) is 11.1. The van der Waals surface area contributed by atoms with Gasteiger partial charge >= 0.3 is 0 Å². The number of hydrogen-bond donors (Lipinski definition) is 1. The third kappa shape index (κ3) is 1.72. The van der Waals surface area contributed by atoms with Gasteiger partial charge in [-0.2, -0.15) is 0 Å². The Morgan fingerprint density at radius 2 is 1.67 bits per heavy atom. The van der Waals surface area contributed by atoms with Crippen molar-refractivity contribution in [1.29, 1.82) is 0 Å². The largest absolute Gasteiger partial charge is 0.361 e. The Labute approximate surface area is 107 Å². The zero-order valence-electron chi connectivity index (χ0n) is 10.8. The van der Waals surface area contributed by atoms with Crippen LogP contribution in [0.3, 0.4) is 0 Å². The van der Waals surface area contributed by atoms with Crippen molar-refractivity contribution in [3.8, 4) is 11.1 Å². The number of aromatic amines is 1. The second-order valence-electron chi connectivity index (χ2n) is 4.99. The minimum Gasteiger partial charge on any atom is -0.361 e. The lowest BCUT2D eigenvalue weighted by atomic mass is 9.91. The zero-order chi connectivity index (χ0) is 12.5. The summed E-state index contributed by atoms with van der Waals surface area (Å²) in [6.45, 7) is 4.49. The van der Waals surface area contributed by atoms with Crippen LogP contribution in [0, 0.1) is 0 Å². The summed E-state index contributed by atoms with van der Waals surface area (Å²) in [6, 6.07) is 17.2. The fourth-order valence-corrected chi connectivity index (χ4v) is 2.54. The minimum atomic E-state index is 0.521. The number of rotatable bonds is 2. The monoisotopic (exact) mass is 235 g/mol. The molecule has 0 saturated carbocycles. The van der Waals surface area contributed by atoms with E-state index in [1.807, 2.05) is 6.20 Å². The fourth-order valence-electron chi connectivity index (χ4n) is 2.54. The van der Waals surface area contributed by atoms with E-state index in [4.69, 9.17) is 0 Å². The summed E-state index contributed by atoms with van der Waals surface area (Å²) < 4.78 is 0. The molecule has 0 saturated heterocycles. The van der Waals surface area contributed by atoms with Crippen molar-refractivity contribution in [2.45, 2.75) is 19.8 Å². The molecule has 90 valence electrons. The van der Waals surface area contributed by atoms with Gasteiger partial charge in [0.05, 0.1) is 5.52 Å². The van der Waals surface area contributed by atoms with Crippen LogP contribution in [-0.2, 0) is 0 Å². The highest BCUT2D eigenvalue weighted by molar-refractivity contribution is 5.96. The molecule has 0 atom stereocenters. The van der Waals surface area contributed by atoms with Gasteiger partial charge in [0.15, 0.2) is 0 Å². The summed E-state index contributed by atoms with van der Waals surface area (Å²) in [5.74, 6) is 0.521. The molecule has 3 rings (SSSR count). The van der Waals surface area contributed by atoms with E-state index in [-0.39, 0.29) is 0 Å². The molecule has 0 bridgehead atoms. The smallest absolute Gasteiger partial charge is 0.0536 e. The lowest BCUT2D eigenvalue weighted by Crippen LogP contribution is -1.93. The Morgan fingerprint density at radius 3 is 2.39 bits per heavy atom. The topological polar surface area (TPSA) is 15.8 Å². The first-order valence-electron chi connectivity index (χ1n) is 6.43. The lowest BCUT2D eigenvalue weighted by molar-refractivity contribution is 0.870. The van der Waals surface area contributed by atoms with Gasteiger partial charge < -0.3 is 4.98 Å². The molecule has 0 radical (unpaired) electrons. The molecule has 3 aromatic rings. The van der Waals surface area contributed by atoms with Gasteiger partial charge in [0.25, 0.3) is 0 Å². The number of aromatic nitrogens is 1. The average Bonchev–Trinajstić information content (AvgIpc) is 2.86. The van der Waals surface area contributed by atoms with Crippen LogP contribution in [0.15, 0.2) is 54.7 Å². The molecule has 0 aliphatic rings. The quantitative estimate of drug-likeness (QED) is 0.646. The first-order valence-corrected chi connectivity index (χ1v) is 6.43. The van der Waals surface area contributed by atoms with E-state index in [0.29, 0.717) is 5.92 Å². The maximum Gasteiger partial charge on any atom is 0.0536 e. The molecule has 0 unspecified atom stereocenters. The van der Waals surface area contributed by atoms with Crippen LogP contribution in [0.2, 0.25) is 0 Å². The van der Waals surface area contributed by atoms with Crippen molar-refractivity contribution in [3.05, 3.63) is 60.3 Å². The van der Waals surface area contributed by atoms with Gasteiger partial charge in [-0.25, -0.2) is 0 Å². The third-order valence-electron chi connectivity index (χ3n) is 3.44. The van der Waals surface area contributed by atoms with Crippen molar-refractivity contribution in [2.75, 3.05) is 0 Å². The molecule has 1 nitrogen and oxygen atoms in total. The van der Waals surface area contributed by atoms with Gasteiger partial charge in [0, 0.05) is 17.1 Å². The van der Waals surface area contributed by atoms with Gasteiger partial charge in [0.1, 0.15) is 0 Å².